The van der Waals surface area contributed by atoms with Gasteiger partial charge in [0.25, 0.3) is 0 Å². The van der Waals surface area contributed by atoms with Crippen LogP contribution in [-0.2, 0) is 16.3 Å². The molecular weight excluding hydrogens is 200 g/mol. The van der Waals surface area contributed by atoms with Gasteiger partial charge in [-0.2, -0.15) is 0 Å². The normalized spacial score (nSPS) is 19.4. The number of unbranched alkanes of at least 4 members (excludes halogenated alkanes) is 4. The van der Waals surface area contributed by atoms with E-state index in [9.17, 15) is 0 Å². The van der Waals surface area contributed by atoms with Crippen LogP contribution >= 0.6 is 0 Å². The van der Waals surface area contributed by atoms with Gasteiger partial charge in [0, 0.05) is 6.61 Å². The lowest BCUT2D eigenvalue weighted by atomic mass is 10.0. The summed E-state index contributed by atoms with van der Waals surface area (Å²) in [6.07, 6.45) is 10.2. The van der Waals surface area contributed by atoms with Crippen LogP contribution in [0.1, 0.15) is 51.9 Å². The molecule has 0 spiro atoms. The molecule has 0 saturated carbocycles. The zero-order valence-electron chi connectivity index (χ0n) is 8.96. The molecule has 0 aliphatic carbocycles. The summed E-state index contributed by atoms with van der Waals surface area (Å²) in [5.74, 6) is 0. The summed E-state index contributed by atoms with van der Waals surface area (Å²) in [7, 11) is 0. The van der Waals surface area contributed by atoms with Crippen molar-refractivity contribution in [2.45, 2.75) is 58.0 Å². The first-order valence-corrected chi connectivity index (χ1v) is 6.27. The van der Waals surface area contributed by atoms with Gasteiger partial charge in [0.1, 0.15) is 11.6 Å². The van der Waals surface area contributed by atoms with E-state index in [2.05, 4.69) is 6.92 Å². The van der Waals surface area contributed by atoms with Gasteiger partial charge >= 0.3 is 0 Å². The third kappa shape index (κ3) is 8.51. The highest BCUT2D eigenvalue weighted by Crippen LogP contribution is 2.18. The molecule has 0 N–H and O–H groups in total. The fraction of sp³-hybridized carbons (Fsp3) is 1.00. The van der Waals surface area contributed by atoms with E-state index in [1.165, 1.54) is 44.9 Å². The summed E-state index contributed by atoms with van der Waals surface area (Å²) < 4.78 is 22.1. The van der Waals surface area contributed by atoms with E-state index >= 15 is 0 Å². The largest absolute Gasteiger partial charge is 0.378 e. The number of hydrogen-bond acceptors (Lipinski definition) is 3. The summed E-state index contributed by atoms with van der Waals surface area (Å²) in [5, 5.41) is 0. The van der Waals surface area contributed by atoms with Crippen molar-refractivity contribution in [2.24, 2.45) is 0 Å². The molecule has 0 aromatic rings. The quantitative estimate of drug-likeness (QED) is 0.645. The number of rotatable bonds is 6. The first-order valence-electron chi connectivity index (χ1n) is 5.46. The molecule has 1 fully saturated rings. The molecule has 1 aliphatic heterocycles. The Morgan fingerprint density at radius 1 is 1.21 bits per heavy atom. The molecular formula is C10H22O3S. The van der Waals surface area contributed by atoms with Crippen LogP contribution in [0.2, 0.25) is 0 Å². The maximum absolute atomic E-state index is 8.40. The van der Waals surface area contributed by atoms with Crippen LogP contribution in [0.3, 0.4) is 0 Å². The Bertz CT molecular complexity index is 151. The SMILES string of the molecule is CCCCCCCC1CCO1.O=[SH2]=O. The van der Waals surface area contributed by atoms with Crippen molar-refractivity contribution in [2.75, 3.05) is 6.61 Å². The average Bonchev–Trinajstić information content (AvgIpc) is 2.09. The highest BCUT2D eigenvalue weighted by atomic mass is 32.1. The molecule has 0 bridgehead atoms. The van der Waals surface area contributed by atoms with Crippen molar-refractivity contribution >= 4 is 11.6 Å². The van der Waals surface area contributed by atoms with Crippen molar-refractivity contribution in [3.05, 3.63) is 0 Å². The topological polar surface area (TPSA) is 43.4 Å². The Balaban J connectivity index is 0.000000500. The Morgan fingerprint density at radius 3 is 2.21 bits per heavy atom. The van der Waals surface area contributed by atoms with Crippen molar-refractivity contribution in [3.63, 3.8) is 0 Å². The van der Waals surface area contributed by atoms with Gasteiger partial charge in [-0.15, -0.1) is 0 Å². The van der Waals surface area contributed by atoms with Crippen LogP contribution < -0.4 is 0 Å². The van der Waals surface area contributed by atoms with E-state index in [1.807, 2.05) is 0 Å². The molecule has 0 amide bonds. The van der Waals surface area contributed by atoms with Crippen LogP contribution in [0.15, 0.2) is 0 Å². The standard InChI is InChI=1S/C10H20O.H2O2S/c1-2-3-4-5-6-7-10-8-9-11-10;1-3-2/h10H,2-9H2,1H3;3H2. The lowest BCUT2D eigenvalue weighted by Crippen LogP contribution is -2.26. The predicted molar refractivity (Wildman–Crippen MR) is 59.4 cm³/mol. The maximum atomic E-state index is 8.40. The highest BCUT2D eigenvalue weighted by Gasteiger charge is 2.16. The fourth-order valence-electron chi connectivity index (χ4n) is 1.49. The monoisotopic (exact) mass is 222 g/mol. The summed E-state index contributed by atoms with van der Waals surface area (Å²) in [5.41, 5.74) is 0. The van der Waals surface area contributed by atoms with Gasteiger partial charge < -0.3 is 4.74 Å². The molecule has 1 saturated heterocycles. The van der Waals surface area contributed by atoms with Gasteiger partial charge in [-0.1, -0.05) is 39.0 Å². The van der Waals surface area contributed by atoms with Crippen molar-refractivity contribution < 1.29 is 13.2 Å². The van der Waals surface area contributed by atoms with Gasteiger partial charge in [-0.25, -0.2) is 8.42 Å². The van der Waals surface area contributed by atoms with Crippen molar-refractivity contribution in [1.29, 1.82) is 0 Å². The third-order valence-electron chi connectivity index (χ3n) is 2.42. The van der Waals surface area contributed by atoms with Crippen LogP contribution in [-0.4, -0.2) is 21.1 Å². The second-order valence-corrected chi connectivity index (χ2v) is 3.73. The Kier molecular flexibility index (Phi) is 10.9. The van der Waals surface area contributed by atoms with E-state index < -0.39 is 11.6 Å². The van der Waals surface area contributed by atoms with E-state index in [-0.39, 0.29) is 0 Å². The molecule has 1 aliphatic rings. The summed E-state index contributed by atoms with van der Waals surface area (Å²) >= 11 is -1.42. The van der Waals surface area contributed by atoms with Crippen LogP contribution in [0, 0.1) is 0 Å². The number of hydrogen-bond donors (Lipinski definition) is 0. The minimum Gasteiger partial charge on any atom is -0.378 e. The van der Waals surface area contributed by atoms with Crippen LogP contribution in [0.4, 0.5) is 0 Å². The molecule has 1 atom stereocenters. The smallest absolute Gasteiger partial charge is 0.129 e. The molecule has 3 nitrogen and oxygen atoms in total. The summed E-state index contributed by atoms with van der Waals surface area (Å²) in [4.78, 5) is 0. The minimum atomic E-state index is -1.42. The number of ether oxygens (including phenoxy) is 1. The van der Waals surface area contributed by atoms with E-state index in [1.54, 1.807) is 0 Å². The first kappa shape index (κ1) is 13.9. The highest BCUT2D eigenvalue weighted by molar-refractivity contribution is 7.51. The molecule has 0 aromatic heterocycles. The van der Waals surface area contributed by atoms with Crippen molar-refractivity contribution in [3.8, 4) is 0 Å². The van der Waals surface area contributed by atoms with Crippen molar-refractivity contribution in [1.82, 2.24) is 0 Å². The van der Waals surface area contributed by atoms with E-state index in [0.29, 0.717) is 6.10 Å². The first-order chi connectivity index (χ1) is 6.85. The van der Waals surface area contributed by atoms with E-state index in [0.717, 1.165) is 6.61 Å². The minimum absolute atomic E-state index is 0.636. The molecule has 0 radical (unpaired) electrons. The van der Waals surface area contributed by atoms with Gasteiger partial charge in [0.15, 0.2) is 0 Å². The molecule has 1 unspecified atom stereocenters. The second kappa shape index (κ2) is 11.0. The Morgan fingerprint density at radius 2 is 1.79 bits per heavy atom. The maximum Gasteiger partial charge on any atom is 0.129 e. The molecule has 1 heterocycles. The average molecular weight is 222 g/mol. The molecule has 0 aromatic carbocycles. The Hall–Kier alpha value is -0.0900. The zero-order chi connectivity index (χ0) is 10.6. The van der Waals surface area contributed by atoms with Gasteiger partial charge in [0.05, 0.1) is 6.10 Å². The van der Waals surface area contributed by atoms with Gasteiger partial charge in [0.2, 0.25) is 0 Å². The predicted octanol–water partition coefficient (Wildman–Crippen LogP) is 1.93. The molecule has 1 rings (SSSR count). The Labute approximate surface area is 89.8 Å². The van der Waals surface area contributed by atoms with Crippen LogP contribution in [0.25, 0.3) is 0 Å². The molecule has 14 heavy (non-hydrogen) atoms. The van der Waals surface area contributed by atoms with E-state index in [4.69, 9.17) is 13.2 Å². The molecule has 4 heteroatoms. The lowest BCUT2D eigenvalue weighted by Gasteiger charge is -2.26. The summed E-state index contributed by atoms with van der Waals surface area (Å²) in [6, 6.07) is 0. The fourth-order valence-corrected chi connectivity index (χ4v) is 1.49. The van der Waals surface area contributed by atoms with Crippen LogP contribution in [0.5, 0.6) is 0 Å². The zero-order valence-corrected chi connectivity index (χ0v) is 9.96. The lowest BCUT2D eigenvalue weighted by molar-refractivity contribution is -0.0555. The second-order valence-electron chi connectivity index (χ2n) is 3.57. The third-order valence-corrected chi connectivity index (χ3v) is 2.42. The van der Waals surface area contributed by atoms with Gasteiger partial charge in [-0.3, -0.25) is 0 Å². The molecule has 86 valence electrons. The summed E-state index contributed by atoms with van der Waals surface area (Å²) in [6.45, 7) is 3.27. The van der Waals surface area contributed by atoms with Gasteiger partial charge in [-0.05, 0) is 12.8 Å².